The molecule has 2 aliphatic rings. The number of hydrogen-bond acceptors (Lipinski definition) is 6. The fourth-order valence-electron chi connectivity index (χ4n) is 4.45. The number of rotatable bonds is 7. The molecule has 0 aromatic heterocycles. The lowest BCUT2D eigenvalue weighted by Gasteiger charge is -2.36. The Bertz CT molecular complexity index is 967. The molecule has 2 aromatic rings. The zero-order valence-corrected chi connectivity index (χ0v) is 20.2. The minimum atomic E-state index is -0.126. The Labute approximate surface area is 202 Å². The second-order valence-corrected chi connectivity index (χ2v) is 9.07. The number of likely N-dealkylation sites (N-methyl/N-ethyl adjacent to an activating group) is 1. The van der Waals surface area contributed by atoms with Crippen LogP contribution in [0.25, 0.3) is 0 Å². The van der Waals surface area contributed by atoms with Gasteiger partial charge in [-0.1, -0.05) is 12.1 Å². The van der Waals surface area contributed by atoms with E-state index in [1.807, 2.05) is 36.2 Å². The molecule has 0 bridgehead atoms. The van der Waals surface area contributed by atoms with Gasteiger partial charge in [-0.25, -0.2) is 0 Å². The van der Waals surface area contributed by atoms with Crippen LogP contribution in [-0.2, 0) is 14.3 Å². The topological polar surface area (TPSA) is 68.4 Å². The standard InChI is InChI=1S/C26H35N5O3/c1-21-4-3-5-24(18-21)29-10-12-31(13-11-29)26(33)20-28(2)19-25(32)27-22-6-8-23(9-7-22)30-14-16-34-17-15-30/h3-9,18H,10-17,19-20H2,1-2H3,(H,27,32). The predicted octanol–water partition coefficient (Wildman–Crippen LogP) is 2.05. The Morgan fingerprint density at radius 3 is 2.24 bits per heavy atom. The third-order valence-corrected chi connectivity index (χ3v) is 6.35. The minimum absolute atomic E-state index is 0.0639. The summed E-state index contributed by atoms with van der Waals surface area (Å²) in [5.74, 6) is -0.0623. The Morgan fingerprint density at radius 1 is 0.882 bits per heavy atom. The van der Waals surface area contributed by atoms with Crippen LogP contribution in [0.5, 0.6) is 0 Å². The molecule has 0 saturated carbocycles. The molecule has 8 heteroatoms. The van der Waals surface area contributed by atoms with E-state index in [0.717, 1.165) is 50.8 Å². The number of amides is 2. The summed E-state index contributed by atoms with van der Waals surface area (Å²) < 4.78 is 5.40. The van der Waals surface area contributed by atoms with Crippen molar-refractivity contribution in [3.05, 3.63) is 54.1 Å². The van der Waals surface area contributed by atoms with Crippen molar-refractivity contribution < 1.29 is 14.3 Å². The molecule has 0 spiro atoms. The Balaban J connectivity index is 1.19. The number of nitrogens with one attached hydrogen (secondary N) is 1. The van der Waals surface area contributed by atoms with Crippen molar-refractivity contribution in [2.75, 3.05) is 87.7 Å². The first-order chi connectivity index (χ1) is 16.5. The summed E-state index contributed by atoms with van der Waals surface area (Å²) in [5.41, 5.74) is 4.34. The highest BCUT2D eigenvalue weighted by atomic mass is 16.5. The maximum Gasteiger partial charge on any atom is 0.238 e. The van der Waals surface area contributed by atoms with Crippen LogP contribution in [0.2, 0.25) is 0 Å². The van der Waals surface area contributed by atoms with Gasteiger partial charge in [-0.05, 0) is 55.9 Å². The molecule has 4 rings (SSSR count). The number of hydrogen-bond donors (Lipinski definition) is 1. The SMILES string of the molecule is Cc1cccc(N2CCN(C(=O)CN(C)CC(=O)Nc3ccc(N4CCOCC4)cc3)CC2)c1. The first-order valence-electron chi connectivity index (χ1n) is 12.0. The quantitative estimate of drug-likeness (QED) is 0.675. The van der Waals surface area contributed by atoms with Gasteiger partial charge >= 0.3 is 0 Å². The van der Waals surface area contributed by atoms with E-state index in [0.29, 0.717) is 13.1 Å². The number of carbonyl (C=O) groups is 2. The first kappa shape index (κ1) is 24.0. The van der Waals surface area contributed by atoms with Gasteiger partial charge < -0.3 is 24.8 Å². The third-order valence-electron chi connectivity index (χ3n) is 6.35. The zero-order chi connectivity index (χ0) is 23.9. The molecular formula is C26H35N5O3. The lowest BCUT2D eigenvalue weighted by molar-refractivity contribution is -0.132. The van der Waals surface area contributed by atoms with E-state index in [4.69, 9.17) is 4.74 Å². The van der Waals surface area contributed by atoms with E-state index < -0.39 is 0 Å². The van der Waals surface area contributed by atoms with Crippen LogP contribution < -0.4 is 15.1 Å². The van der Waals surface area contributed by atoms with E-state index in [2.05, 4.69) is 46.3 Å². The van der Waals surface area contributed by atoms with Gasteiger partial charge in [0, 0.05) is 56.3 Å². The van der Waals surface area contributed by atoms with Crippen LogP contribution >= 0.6 is 0 Å². The molecule has 34 heavy (non-hydrogen) atoms. The average Bonchev–Trinajstić information content (AvgIpc) is 2.85. The van der Waals surface area contributed by atoms with Crippen molar-refractivity contribution in [3.63, 3.8) is 0 Å². The second-order valence-electron chi connectivity index (χ2n) is 9.07. The van der Waals surface area contributed by atoms with E-state index >= 15 is 0 Å². The van der Waals surface area contributed by atoms with Crippen molar-refractivity contribution in [2.24, 2.45) is 0 Å². The van der Waals surface area contributed by atoms with Crippen LogP contribution in [0.1, 0.15) is 5.56 Å². The van der Waals surface area contributed by atoms with Crippen LogP contribution in [0.15, 0.2) is 48.5 Å². The Morgan fingerprint density at radius 2 is 1.56 bits per heavy atom. The monoisotopic (exact) mass is 465 g/mol. The molecule has 0 aliphatic carbocycles. The fraction of sp³-hybridized carbons (Fsp3) is 0.462. The number of morpholine rings is 1. The van der Waals surface area contributed by atoms with Crippen molar-refractivity contribution in [1.82, 2.24) is 9.80 Å². The Kier molecular flexibility index (Phi) is 8.03. The smallest absolute Gasteiger partial charge is 0.238 e. The average molecular weight is 466 g/mol. The number of piperazine rings is 1. The molecule has 182 valence electrons. The van der Waals surface area contributed by atoms with Crippen LogP contribution in [-0.4, -0.2) is 94.2 Å². The van der Waals surface area contributed by atoms with Crippen LogP contribution in [0, 0.1) is 6.92 Å². The minimum Gasteiger partial charge on any atom is -0.378 e. The maximum atomic E-state index is 12.8. The van der Waals surface area contributed by atoms with Gasteiger partial charge in [0.1, 0.15) is 0 Å². The summed E-state index contributed by atoms with van der Waals surface area (Å²) in [6, 6.07) is 16.3. The zero-order valence-electron chi connectivity index (χ0n) is 20.2. The molecule has 0 radical (unpaired) electrons. The molecule has 2 saturated heterocycles. The molecule has 1 N–H and O–H groups in total. The van der Waals surface area contributed by atoms with Crippen LogP contribution in [0.3, 0.4) is 0 Å². The number of benzene rings is 2. The van der Waals surface area contributed by atoms with Crippen molar-refractivity contribution >= 4 is 28.9 Å². The fourth-order valence-corrected chi connectivity index (χ4v) is 4.45. The van der Waals surface area contributed by atoms with Crippen molar-refractivity contribution in [2.45, 2.75) is 6.92 Å². The van der Waals surface area contributed by atoms with Crippen LogP contribution in [0.4, 0.5) is 17.1 Å². The number of ether oxygens (including phenoxy) is 1. The number of carbonyl (C=O) groups excluding carboxylic acids is 2. The summed E-state index contributed by atoms with van der Waals surface area (Å²) in [4.78, 5) is 33.5. The predicted molar refractivity (Wildman–Crippen MR) is 136 cm³/mol. The number of aryl methyl sites for hydroxylation is 1. The molecule has 2 aromatic carbocycles. The summed E-state index contributed by atoms with van der Waals surface area (Å²) in [6.45, 7) is 8.77. The summed E-state index contributed by atoms with van der Waals surface area (Å²) in [5, 5.41) is 2.93. The van der Waals surface area contributed by atoms with Gasteiger partial charge in [0.2, 0.25) is 11.8 Å². The van der Waals surface area contributed by atoms with Gasteiger partial charge in [0.25, 0.3) is 0 Å². The lowest BCUT2D eigenvalue weighted by atomic mass is 10.2. The molecular weight excluding hydrogens is 430 g/mol. The lowest BCUT2D eigenvalue weighted by Crippen LogP contribution is -2.51. The molecule has 8 nitrogen and oxygen atoms in total. The van der Waals surface area contributed by atoms with Gasteiger partial charge in [-0.3, -0.25) is 14.5 Å². The van der Waals surface area contributed by atoms with Gasteiger partial charge in [-0.15, -0.1) is 0 Å². The normalized spacial score (nSPS) is 16.6. The highest BCUT2D eigenvalue weighted by Gasteiger charge is 2.22. The van der Waals surface area contributed by atoms with Crippen molar-refractivity contribution in [1.29, 1.82) is 0 Å². The summed E-state index contributed by atoms with van der Waals surface area (Å²) in [7, 11) is 1.81. The van der Waals surface area contributed by atoms with E-state index in [1.165, 1.54) is 11.3 Å². The van der Waals surface area contributed by atoms with Gasteiger partial charge in [0.15, 0.2) is 0 Å². The molecule has 0 atom stereocenters. The molecule has 2 heterocycles. The molecule has 2 aliphatic heterocycles. The van der Waals surface area contributed by atoms with Gasteiger partial charge in [-0.2, -0.15) is 0 Å². The van der Waals surface area contributed by atoms with Gasteiger partial charge in [0.05, 0.1) is 26.3 Å². The first-order valence-corrected chi connectivity index (χ1v) is 12.0. The second kappa shape index (κ2) is 11.4. The summed E-state index contributed by atoms with van der Waals surface area (Å²) in [6.07, 6.45) is 0. The highest BCUT2D eigenvalue weighted by Crippen LogP contribution is 2.19. The molecule has 2 fully saturated rings. The number of nitrogens with zero attached hydrogens (tertiary/aromatic N) is 4. The molecule has 0 unspecified atom stereocenters. The van der Waals surface area contributed by atoms with E-state index in [1.54, 1.807) is 4.90 Å². The summed E-state index contributed by atoms with van der Waals surface area (Å²) >= 11 is 0. The third kappa shape index (κ3) is 6.48. The number of anilines is 3. The Hall–Kier alpha value is -3.10. The van der Waals surface area contributed by atoms with E-state index in [9.17, 15) is 9.59 Å². The van der Waals surface area contributed by atoms with E-state index in [-0.39, 0.29) is 24.9 Å². The highest BCUT2D eigenvalue weighted by molar-refractivity contribution is 5.92. The maximum absolute atomic E-state index is 12.8. The van der Waals surface area contributed by atoms with Crippen molar-refractivity contribution in [3.8, 4) is 0 Å². The molecule has 2 amide bonds. The largest absolute Gasteiger partial charge is 0.378 e.